The van der Waals surface area contributed by atoms with Crippen LogP contribution in [0.15, 0.2) is 84.9 Å². The van der Waals surface area contributed by atoms with Crippen molar-refractivity contribution in [1.82, 2.24) is 0 Å². The fourth-order valence-corrected chi connectivity index (χ4v) is 3.08. The highest BCUT2D eigenvalue weighted by atomic mass is 16.7. The van der Waals surface area contributed by atoms with E-state index in [4.69, 9.17) is 14.2 Å². The molecular formula is C25H24O4. The second-order valence-electron chi connectivity index (χ2n) is 6.28. The summed E-state index contributed by atoms with van der Waals surface area (Å²) in [6.07, 6.45) is 0. The van der Waals surface area contributed by atoms with Crippen molar-refractivity contribution in [1.29, 1.82) is 0 Å². The largest absolute Gasteiger partial charge is 0.468 e. The summed E-state index contributed by atoms with van der Waals surface area (Å²) in [5.41, 5.74) is 4.00. The highest BCUT2D eigenvalue weighted by Gasteiger charge is 2.21. The van der Waals surface area contributed by atoms with E-state index >= 15 is 0 Å². The molecule has 0 heterocycles. The van der Waals surface area contributed by atoms with Crippen molar-refractivity contribution in [2.45, 2.75) is 6.92 Å². The first kappa shape index (κ1) is 20.4. The van der Waals surface area contributed by atoms with Gasteiger partial charge in [-0.25, -0.2) is 4.79 Å². The van der Waals surface area contributed by atoms with E-state index in [9.17, 15) is 4.79 Å². The lowest BCUT2D eigenvalue weighted by molar-refractivity contribution is -0.136. The smallest absolute Gasteiger partial charge is 0.339 e. The van der Waals surface area contributed by atoms with Crippen LogP contribution >= 0.6 is 0 Å². The summed E-state index contributed by atoms with van der Waals surface area (Å²) in [6.45, 7) is 2.27. The maximum atomic E-state index is 13.1. The van der Waals surface area contributed by atoms with E-state index < -0.39 is 0 Å². The van der Waals surface area contributed by atoms with Crippen LogP contribution in [-0.4, -0.2) is 26.5 Å². The summed E-state index contributed by atoms with van der Waals surface area (Å²) in [6, 6.07) is 27.1. The first-order chi connectivity index (χ1) is 14.2. The molecule has 0 aromatic heterocycles. The summed E-state index contributed by atoms with van der Waals surface area (Å²) in [7, 11) is 1.57. The number of rotatable bonds is 8. The van der Waals surface area contributed by atoms with Gasteiger partial charge in [0.15, 0.2) is 6.79 Å². The maximum absolute atomic E-state index is 13.1. The summed E-state index contributed by atoms with van der Waals surface area (Å²) >= 11 is 0. The Labute approximate surface area is 171 Å². The summed E-state index contributed by atoms with van der Waals surface area (Å²) in [5, 5.41) is 0. The van der Waals surface area contributed by atoms with Crippen molar-refractivity contribution >= 4 is 17.1 Å². The second-order valence-corrected chi connectivity index (χ2v) is 6.28. The number of hydrogen-bond donors (Lipinski definition) is 0. The van der Waals surface area contributed by atoms with Crippen LogP contribution in [0.25, 0.3) is 11.1 Å². The van der Waals surface area contributed by atoms with Crippen LogP contribution in [0.2, 0.25) is 0 Å². The van der Waals surface area contributed by atoms with E-state index in [0.29, 0.717) is 17.9 Å². The van der Waals surface area contributed by atoms with Crippen LogP contribution in [0, 0.1) is 0 Å². The monoisotopic (exact) mass is 388 g/mol. The van der Waals surface area contributed by atoms with Gasteiger partial charge in [0.25, 0.3) is 0 Å². The molecule has 0 saturated carbocycles. The van der Waals surface area contributed by atoms with Crippen molar-refractivity contribution in [2.24, 2.45) is 0 Å². The Kier molecular flexibility index (Phi) is 7.20. The third-order valence-electron chi connectivity index (χ3n) is 4.34. The zero-order valence-corrected chi connectivity index (χ0v) is 16.6. The van der Waals surface area contributed by atoms with Gasteiger partial charge < -0.3 is 14.2 Å². The van der Waals surface area contributed by atoms with Gasteiger partial charge >= 0.3 is 5.97 Å². The van der Waals surface area contributed by atoms with Crippen molar-refractivity contribution in [3.8, 4) is 5.75 Å². The van der Waals surface area contributed by atoms with Crippen LogP contribution in [0.3, 0.4) is 0 Å². The maximum Gasteiger partial charge on any atom is 0.339 e. The molecule has 0 amide bonds. The minimum atomic E-state index is -0.360. The fraction of sp³-hybridized carbons (Fsp3) is 0.160. The SMILES string of the molecule is CCOC(=O)C(=C(c1ccccc1)c1ccccc1)c1ccc(OCOC)cc1. The van der Waals surface area contributed by atoms with Gasteiger partial charge in [0, 0.05) is 12.7 Å². The first-order valence-electron chi connectivity index (χ1n) is 9.49. The van der Waals surface area contributed by atoms with E-state index in [1.807, 2.05) is 91.9 Å². The molecule has 148 valence electrons. The molecule has 0 spiro atoms. The van der Waals surface area contributed by atoms with Crippen molar-refractivity contribution in [2.75, 3.05) is 20.5 Å². The minimum Gasteiger partial charge on any atom is -0.468 e. The second kappa shape index (κ2) is 10.2. The molecule has 0 aliphatic carbocycles. The van der Waals surface area contributed by atoms with E-state index in [0.717, 1.165) is 22.3 Å². The van der Waals surface area contributed by atoms with Crippen LogP contribution in [-0.2, 0) is 14.3 Å². The van der Waals surface area contributed by atoms with Crippen LogP contribution in [0.1, 0.15) is 23.6 Å². The lowest BCUT2D eigenvalue weighted by Crippen LogP contribution is -2.10. The molecule has 29 heavy (non-hydrogen) atoms. The van der Waals surface area contributed by atoms with Gasteiger partial charge in [-0.2, -0.15) is 0 Å². The Morgan fingerprint density at radius 3 is 1.79 bits per heavy atom. The summed E-state index contributed by atoms with van der Waals surface area (Å²) in [5.74, 6) is 0.306. The molecule has 0 unspecified atom stereocenters. The number of carbonyl (C=O) groups is 1. The van der Waals surface area contributed by atoms with E-state index in [1.165, 1.54) is 0 Å². The standard InChI is InChI=1S/C25H24O4/c1-3-28-25(26)24(21-14-16-22(17-15-21)29-18-27-2)23(19-10-6-4-7-11-19)20-12-8-5-9-13-20/h4-17H,3,18H2,1-2H3. The van der Waals surface area contributed by atoms with Crippen LogP contribution in [0.5, 0.6) is 5.75 Å². The third kappa shape index (κ3) is 5.12. The van der Waals surface area contributed by atoms with Gasteiger partial charge in [0.1, 0.15) is 5.75 Å². The Morgan fingerprint density at radius 1 is 0.759 bits per heavy atom. The number of esters is 1. The number of hydrogen-bond acceptors (Lipinski definition) is 4. The normalized spacial score (nSPS) is 10.3. The van der Waals surface area contributed by atoms with Crippen LogP contribution < -0.4 is 4.74 Å². The number of benzene rings is 3. The molecule has 3 aromatic carbocycles. The lowest BCUT2D eigenvalue weighted by Gasteiger charge is -2.16. The lowest BCUT2D eigenvalue weighted by atomic mass is 9.89. The fourth-order valence-electron chi connectivity index (χ4n) is 3.08. The Bertz CT molecular complexity index is 904. The van der Waals surface area contributed by atoms with Crippen molar-refractivity contribution in [3.63, 3.8) is 0 Å². The average molecular weight is 388 g/mol. The van der Waals surface area contributed by atoms with Gasteiger partial charge in [-0.05, 0) is 35.7 Å². The molecule has 0 bridgehead atoms. The Morgan fingerprint density at radius 2 is 1.31 bits per heavy atom. The van der Waals surface area contributed by atoms with E-state index in [2.05, 4.69) is 0 Å². The molecule has 0 aliphatic rings. The van der Waals surface area contributed by atoms with E-state index in [-0.39, 0.29) is 12.8 Å². The van der Waals surface area contributed by atoms with E-state index in [1.54, 1.807) is 7.11 Å². The Balaban J connectivity index is 2.20. The zero-order chi connectivity index (χ0) is 20.5. The number of ether oxygens (including phenoxy) is 3. The molecule has 0 aliphatic heterocycles. The van der Waals surface area contributed by atoms with Gasteiger partial charge in [-0.3, -0.25) is 0 Å². The molecule has 0 fully saturated rings. The van der Waals surface area contributed by atoms with Gasteiger partial charge in [-0.15, -0.1) is 0 Å². The van der Waals surface area contributed by atoms with Gasteiger partial charge in [-0.1, -0.05) is 72.8 Å². The van der Waals surface area contributed by atoms with Crippen LogP contribution in [0.4, 0.5) is 0 Å². The average Bonchev–Trinajstić information content (AvgIpc) is 2.78. The predicted octanol–water partition coefficient (Wildman–Crippen LogP) is 5.19. The molecule has 0 atom stereocenters. The summed E-state index contributed by atoms with van der Waals surface area (Å²) < 4.78 is 15.8. The zero-order valence-electron chi connectivity index (χ0n) is 16.6. The quantitative estimate of drug-likeness (QED) is 0.230. The predicted molar refractivity (Wildman–Crippen MR) is 114 cm³/mol. The molecule has 0 radical (unpaired) electrons. The summed E-state index contributed by atoms with van der Waals surface area (Å²) in [4.78, 5) is 13.1. The molecule has 4 heteroatoms. The highest BCUT2D eigenvalue weighted by Crippen LogP contribution is 2.33. The number of methoxy groups -OCH3 is 1. The molecule has 0 saturated heterocycles. The highest BCUT2D eigenvalue weighted by molar-refractivity contribution is 6.26. The molecule has 4 nitrogen and oxygen atoms in total. The molecule has 0 N–H and O–H groups in total. The minimum absolute atomic E-state index is 0.166. The molecule has 3 aromatic rings. The first-order valence-corrected chi connectivity index (χ1v) is 9.49. The van der Waals surface area contributed by atoms with Gasteiger partial charge in [0.05, 0.1) is 12.2 Å². The Hall–Kier alpha value is -3.37. The molecular weight excluding hydrogens is 364 g/mol. The molecule has 3 rings (SSSR count). The van der Waals surface area contributed by atoms with Crippen molar-refractivity contribution < 1.29 is 19.0 Å². The van der Waals surface area contributed by atoms with Crippen molar-refractivity contribution in [3.05, 3.63) is 102 Å². The number of carbonyl (C=O) groups excluding carboxylic acids is 1. The topological polar surface area (TPSA) is 44.8 Å². The third-order valence-corrected chi connectivity index (χ3v) is 4.34. The van der Waals surface area contributed by atoms with Gasteiger partial charge in [0.2, 0.25) is 0 Å².